The maximum Gasteiger partial charge on any atom is 0.410 e. The maximum atomic E-state index is 13.7. The van der Waals surface area contributed by atoms with Gasteiger partial charge in [-0.05, 0) is 65.2 Å². The molecule has 1 saturated heterocycles. The topological polar surface area (TPSA) is 93.5 Å². The van der Waals surface area contributed by atoms with E-state index in [0.717, 1.165) is 11.3 Å². The molecule has 4 rings (SSSR count). The third kappa shape index (κ3) is 5.31. The van der Waals surface area contributed by atoms with Crippen LogP contribution in [0.15, 0.2) is 23.1 Å². The number of piperazine rings is 1. The molecule has 0 unspecified atom stereocenters. The molecule has 0 saturated carbocycles. The van der Waals surface area contributed by atoms with Crippen molar-refractivity contribution in [2.75, 3.05) is 24.5 Å². The number of amides is 1. The van der Waals surface area contributed by atoms with Crippen LogP contribution in [0.3, 0.4) is 0 Å². The summed E-state index contributed by atoms with van der Waals surface area (Å²) in [4.78, 5) is 44.0. The molecule has 0 atom stereocenters. The summed E-state index contributed by atoms with van der Waals surface area (Å²) in [5.41, 5.74) is 0.899. The van der Waals surface area contributed by atoms with Crippen molar-refractivity contribution in [1.82, 2.24) is 24.4 Å². The molecule has 0 aromatic carbocycles. The lowest BCUT2D eigenvalue weighted by Gasteiger charge is -2.47. The molecule has 1 fully saturated rings. The second kappa shape index (κ2) is 10.0. The van der Waals surface area contributed by atoms with Crippen molar-refractivity contribution >= 4 is 46.1 Å². The van der Waals surface area contributed by atoms with Crippen molar-refractivity contribution in [3.8, 4) is 5.69 Å². The van der Waals surface area contributed by atoms with Gasteiger partial charge in [-0.25, -0.2) is 19.1 Å². The number of pyridine rings is 2. The Morgan fingerprint density at radius 2 is 1.84 bits per heavy atom. The lowest BCUT2D eigenvalue weighted by molar-refractivity contribution is 0.000329. The van der Waals surface area contributed by atoms with Crippen LogP contribution in [0.25, 0.3) is 16.7 Å². The van der Waals surface area contributed by atoms with Gasteiger partial charge < -0.3 is 9.64 Å². The smallest absolute Gasteiger partial charge is 0.410 e. The summed E-state index contributed by atoms with van der Waals surface area (Å²) in [5.74, 6) is 0.493. The first kappa shape index (κ1) is 28.1. The van der Waals surface area contributed by atoms with E-state index in [0.29, 0.717) is 42.2 Å². The Morgan fingerprint density at radius 3 is 2.45 bits per heavy atom. The summed E-state index contributed by atoms with van der Waals surface area (Å²) in [5, 5.41) is 0.928. The van der Waals surface area contributed by atoms with Crippen LogP contribution in [0.5, 0.6) is 0 Å². The highest BCUT2D eigenvalue weighted by atomic mass is 35.5. The van der Waals surface area contributed by atoms with Gasteiger partial charge in [0.05, 0.1) is 27.3 Å². The number of halogens is 2. The van der Waals surface area contributed by atoms with Gasteiger partial charge in [-0.1, -0.05) is 37.0 Å². The third-order valence-electron chi connectivity index (χ3n) is 6.50. The fourth-order valence-corrected chi connectivity index (χ4v) is 5.09. The Kier molecular flexibility index (Phi) is 7.40. The molecular weight excluding hydrogens is 527 g/mol. The molecule has 0 bridgehead atoms. The molecule has 4 heterocycles. The number of hydrogen-bond donors (Lipinski definition) is 0. The minimum absolute atomic E-state index is 0.0519. The fourth-order valence-electron chi connectivity index (χ4n) is 4.80. The third-order valence-corrected chi connectivity index (χ3v) is 7.17. The van der Waals surface area contributed by atoms with Crippen molar-refractivity contribution in [3.63, 3.8) is 0 Å². The van der Waals surface area contributed by atoms with Crippen LogP contribution < -0.4 is 10.6 Å². The van der Waals surface area contributed by atoms with E-state index in [1.807, 2.05) is 66.4 Å². The average Bonchev–Trinajstić information content (AvgIpc) is 2.78. The standard InChI is InChI=1S/C27H34Cl2N6O3/c1-15(2)19-20(16(3)9-10-30-19)35-23-17(13-18(28)21(29)31-23)22(32-24(35)36)33-11-12-34(27(7,8)14-33)25(37)38-26(4,5)6/h9-10,13,15H,11-12,14H2,1-8H3. The number of hydrogen-bond acceptors (Lipinski definition) is 7. The van der Waals surface area contributed by atoms with Gasteiger partial charge in [0.15, 0.2) is 5.65 Å². The zero-order valence-corrected chi connectivity index (χ0v) is 24.6. The maximum absolute atomic E-state index is 13.7. The van der Waals surface area contributed by atoms with Crippen LogP contribution in [-0.4, -0.2) is 61.3 Å². The van der Waals surface area contributed by atoms with Gasteiger partial charge in [0.25, 0.3) is 0 Å². The van der Waals surface area contributed by atoms with Gasteiger partial charge in [0, 0.05) is 25.8 Å². The monoisotopic (exact) mass is 560 g/mol. The number of fused-ring (bicyclic) bond motifs is 1. The van der Waals surface area contributed by atoms with Crippen LogP contribution >= 0.6 is 23.2 Å². The molecule has 0 aliphatic carbocycles. The van der Waals surface area contributed by atoms with Gasteiger partial charge in [0.2, 0.25) is 0 Å². The van der Waals surface area contributed by atoms with Gasteiger partial charge in [-0.15, -0.1) is 0 Å². The van der Waals surface area contributed by atoms with Gasteiger partial charge >= 0.3 is 11.8 Å². The zero-order valence-electron chi connectivity index (χ0n) is 23.1. The van der Waals surface area contributed by atoms with E-state index >= 15 is 0 Å². The molecule has 1 aliphatic rings. The van der Waals surface area contributed by atoms with E-state index in [2.05, 4.69) is 15.0 Å². The number of rotatable bonds is 3. The van der Waals surface area contributed by atoms with Crippen LogP contribution in [0.4, 0.5) is 10.6 Å². The second-order valence-corrected chi connectivity index (χ2v) is 12.3. The Hall–Kier alpha value is -2.91. The quantitative estimate of drug-likeness (QED) is 0.376. The van der Waals surface area contributed by atoms with Gasteiger partial charge in [0.1, 0.15) is 16.6 Å². The number of nitrogens with zero attached hydrogens (tertiary/aromatic N) is 6. The Labute approximate surface area is 232 Å². The van der Waals surface area contributed by atoms with E-state index in [9.17, 15) is 9.59 Å². The SMILES string of the molecule is Cc1ccnc(C(C)C)c1-n1c(=O)nc(N2CCN(C(=O)OC(C)(C)C)C(C)(C)C2)c2cc(Cl)c(Cl)nc21. The van der Waals surface area contributed by atoms with E-state index < -0.39 is 16.8 Å². The molecule has 38 heavy (non-hydrogen) atoms. The van der Waals surface area contributed by atoms with Crippen LogP contribution in [0, 0.1) is 6.92 Å². The number of aryl methyl sites for hydroxylation is 1. The summed E-state index contributed by atoms with van der Waals surface area (Å²) < 4.78 is 7.10. The molecule has 0 spiro atoms. The highest BCUT2D eigenvalue weighted by Gasteiger charge is 2.40. The molecule has 3 aromatic rings. The number of aromatic nitrogens is 4. The molecule has 1 aliphatic heterocycles. The first-order chi connectivity index (χ1) is 17.6. The summed E-state index contributed by atoms with van der Waals surface area (Å²) in [6.07, 6.45) is 1.35. The van der Waals surface area contributed by atoms with E-state index in [1.165, 1.54) is 4.57 Å². The number of carbonyl (C=O) groups excluding carboxylic acids is 1. The molecule has 0 N–H and O–H groups in total. The van der Waals surface area contributed by atoms with Crippen LogP contribution in [-0.2, 0) is 4.74 Å². The largest absolute Gasteiger partial charge is 0.444 e. The number of carbonyl (C=O) groups is 1. The molecule has 11 heteroatoms. The summed E-state index contributed by atoms with van der Waals surface area (Å²) in [6, 6.07) is 3.54. The highest BCUT2D eigenvalue weighted by Crippen LogP contribution is 2.34. The first-order valence-corrected chi connectivity index (χ1v) is 13.4. The molecule has 0 radical (unpaired) electrons. The summed E-state index contributed by atoms with van der Waals surface area (Å²) in [7, 11) is 0. The highest BCUT2D eigenvalue weighted by molar-refractivity contribution is 6.41. The average molecular weight is 562 g/mol. The van der Waals surface area contributed by atoms with Crippen molar-refractivity contribution in [2.45, 2.75) is 72.4 Å². The van der Waals surface area contributed by atoms with E-state index in [4.69, 9.17) is 27.9 Å². The summed E-state index contributed by atoms with van der Waals surface area (Å²) in [6.45, 7) is 16.7. The fraction of sp³-hybridized carbons (Fsp3) is 0.519. The minimum Gasteiger partial charge on any atom is -0.444 e. The predicted octanol–water partition coefficient (Wildman–Crippen LogP) is 5.75. The normalized spacial score (nSPS) is 15.9. The van der Waals surface area contributed by atoms with E-state index in [1.54, 1.807) is 17.2 Å². The summed E-state index contributed by atoms with van der Waals surface area (Å²) >= 11 is 12.8. The minimum atomic E-state index is -0.604. The Bertz CT molecular complexity index is 1460. The Balaban J connectivity index is 1.87. The molecule has 3 aromatic heterocycles. The van der Waals surface area contributed by atoms with Gasteiger partial charge in [-0.2, -0.15) is 4.98 Å². The van der Waals surface area contributed by atoms with Crippen molar-refractivity contribution in [1.29, 1.82) is 0 Å². The molecule has 9 nitrogen and oxygen atoms in total. The number of ether oxygens (including phenoxy) is 1. The molecule has 1 amide bonds. The van der Waals surface area contributed by atoms with Crippen LogP contribution in [0.2, 0.25) is 10.2 Å². The lowest BCUT2D eigenvalue weighted by atomic mass is 9.99. The number of anilines is 1. The van der Waals surface area contributed by atoms with E-state index in [-0.39, 0.29) is 22.2 Å². The first-order valence-electron chi connectivity index (χ1n) is 12.6. The van der Waals surface area contributed by atoms with Crippen molar-refractivity contribution in [3.05, 3.63) is 50.2 Å². The van der Waals surface area contributed by atoms with Gasteiger partial charge in [-0.3, -0.25) is 9.88 Å². The molecule has 204 valence electrons. The Morgan fingerprint density at radius 1 is 1.16 bits per heavy atom. The van der Waals surface area contributed by atoms with Crippen molar-refractivity contribution in [2.24, 2.45) is 0 Å². The van der Waals surface area contributed by atoms with Crippen molar-refractivity contribution < 1.29 is 9.53 Å². The lowest BCUT2D eigenvalue weighted by Crippen LogP contribution is -2.62. The zero-order chi connectivity index (χ0) is 28.2. The second-order valence-electron chi connectivity index (χ2n) is 11.6. The van der Waals surface area contributed by atoms with Crippen LogP contribution in [0.1, 0.15) is 65.6 Å². The molecular formula is C27H34Cl2N6O3. The predicted molar refractivity (Wildman–Crippen MR) is 151 cm³/mol.